The van der Waals surface area contributed by atoms with Gasteiger partial charge in [-0.2, -0.15) is 0 Å². The van der Waals surface area contributed by atoms with Crippen LogP contribution in [0, 0.1) is 11.6 Å². The van der Waals surface area contributed by atoms with Gasteiger partial charge in [-0.15, -0.1) is 23.1 Å². The van der Waals surface area contributed by atoms with Gasteiger partial charge < -0.3 is 4.74 Å². The topological polar surface area (TPSA) is 60.7 Å². The average molecular weight is 368 g/mol. The van der Waals surface area contributed by atoms with Gasteiger partial charge in [-0.1, -0.05) is 0 Å². The fraction of sp³-hybridized carbons (Fsp3) is 0.133. The summed E-state index contributed by atoms with van der Waals surface area (Å²) in [4.78, 5) is 28.2. The number of rotatable bonds is 5. The summed E-state index contributed by atoms with van der Waals surface area (Å²) >= 11 is 2.13. The molecule has 0 aliphatic carbocycles. The number of ether oxygens (including phenoxy) is 1. The van der Waals surface area contributed by atoms with Crippen LogP contribution < -0.4 is 5.56 Å². The molecule has 124 valence electrons. The third kappa shape index (κ3) is 3.80. The Morgan fingerprint density at radius 2 is 2.17 bits per heavy atom. The molecule has 2 aromatic heterocycles. The maximum atomic E-state index is 13.4. The molecular weight excluding hydrogens is 358 g/mol. The monoisotopic (exact) mass is 368 g/mol. The first-order valence-electron chi connectivity index (χ1n) is 6.72. The third-order valence-corrected chi connectivity index (χ3v) is 4.74. The van der Waals surface area contributed by atoms with E-state index in [0.29, 0.717) is 10.7 Å². The summed E-state index contributed by atoms with van der Waals surface area (Å²) in [5.41, 5.74) is 0.0706. The summed E-state index contributed by atoms with van der Waals surface area (Å²) in [6, 6.07) is 4.30. The molecule has 0 fully saturated rings. The number of nitrogens with zero attached hydrogens (tertiary/aromatic N) is 2. The highest BCUT2D eigenvalue weighted by molar-refractivity contribution is 8.00. The Morgan fingerprint density at radius 1 is 1.33 bits per heavy atom. The first kappa shape index (κ1) is 16.6. The van der Waals surface area contributed by atoms with Gasteiger partial charge in [0.05, 0.1) is 11.4 Å². The van der Waals surface area contributed by atoms with Crippen molar-refractivity contribution >= 4 is 34.0 Å². The van der Waals surface area contributed by atoms with E-state index in [1.807, 2.05) is 0 Å². The van der Waals surface area contributed by atoms with Crippen LogP contribution in [0.2, 0.25) is 0 Å². The largest absolute Gasteiger partial charge is 0.459 e. The van der Waals surface area contributed by atoms with Crippen LogP contribution >= 0.6 is 23.1 Å². The molecule has 9 heteroatoms. The summed E-state index contributed by atoms with van der Waals surface area (Å²) in [7, 11) is 0. The zero-order valence-electron chi connectivity index (χ0n) is 12.1. The standard InChI is InChI=1S/C15H10F2N2O3S2/c16-9-1-2-11(17)12(5-9)24-8-14(21)22-7-10-6-13(20)19-3-4-23-15(19)18-10/h1-6H,7-8H2. The highest BCUT2D eigenvalue weighted by atomic mass is 32.2. The van der Waals surface area contributed by atoms with Crippen LogP contribution in [0.25, 0.3) is 4.96 Å². The van der Waals surface area contributed by atoms with Crippen LogP contribution in [-0.2, 0) is 16.1 Å². The number of hydrogen-bond acceptors (Lipinski definition) is 6. The van der Waals surface area contributed by atoms with Crippen LogP contribution in [0.1, 0.15) is 5.69 Å². The van der Waals surface area contributed by atoms with E-state index < -0.39 is 17.6 Å². The highest BCUT2D eigenvalue weighted by Crippen LogP contribution is 2.22. The van der Waals surface area contributed by atoms with Gasteiger partial charge in [-0.25, -0.2) is 13.8 Å². The molecule has 0 radical (unpaired) electrons. The first-order chi connectivity index (χ1) is 11.5. The normalized spacial score (nSPS) is 10.9. The third-order valence-electron chi connectivity index (χ3n) is 2.98. The number of fused-ring (bicyclic) bond motifs is 1. The molecule has 24 heavy (non-hydrogen) atoms. The molecule has 0 saturated carbocycles. The second kappa shape index (κ2) is 7.10. The van der Waals surface area contributed by atoms with E-state index >= 15 is 0 Å². The van der Waals surface area contributed by atoms with Gasteiger partial charge in [0.25, 0.3) is 5.56 Å². The van der Waals surface area contributed by atoms with Crippen molar-refractivity contribution in [1.82, 2.24) is 9.38 Å². The Labute approximate surface area is 142 Å². The van der Waals surface area contributed by atoms with Crippen LogP contribution in [0.15, 0.2) is 45.5 Å². The number of thioether (sulfide) groups is 1. The Bertz CT molecular complexity index is 955. The smallest absolute Gasteiger partial charge is 0.316 e. The number of thiazole rings is 1. The molecule has 3 rings (SSSR count). The number of esters is 1. The van der Waals surface area contributed by atoms with Crippen molar-refractivity contribution in [3.05, 3.63) is 63.5 Å². The Morgan fingerprint density at radius 3 is 3.00 bits per heavy atom. The van der Waals surface area contributed by atoms with E-state index in [-0.39, 0.29) is 22.8 Å². The van der Waals surface area contributed by atoms with E-state index in [2.05, 4.69) is 4.98 Å². The summed E-state index contributed by atoms with van der Waals surface area (Å²) in [6.07, 6.45) is 1.61. The lowest BCUT2D eigenvalue weighted by molar-refractivity contribution is -0.141. The van der Waals surface area contributed by atoms with Crippen molar-refractivity contribution in [1.29, 1.82) is 0 Å². The molecule has 0 spiro atoms. The van der Waals surface area contributed by atoms with E-state index in [0.717, 1.165) is 30.0 Å². The summed E-state index contributed by atoms with van der Waals surface area (Å²) in [5.74, 6) is -1.98. The number of carbonyl (C=O) groups excluding carboxylic acids is 1. The zero-order chi connectivity index (χ0) is 17.1. The van der Waals surface area contributed by atoms with Crippen LogP contribution in [0.3, 0.4) is 0 Å². The van der Waals surface area contributed by atoms with E-state index in [4.69, 9.17) is 4.74 Å². The number of halogens is 2. The number of benzene rings is 1. The lowest BCUT2D eigenvalue weighted by atomic mass is 10.3. The average Bonchev–Trinajstić information content (AvgIpc) is 3.03. The molecule has 5 nitrogen and oxygen atoms in total. The minimum atomic E-state index is -0.614. The van der Waals surface area contributed by atoms with Crippen LogP contribution in [-0.4, -0.2) is 21.1 Å². The lowest BCUT2D eigenvalue weighted by Crippen LogP contribution is -2.15. The van der Waals surface area contributed by atoms with Crippen molar-refractivity contribution in [2.75, 3.05) is 5.75 Å². The van der Waals surface area contributed by atoms with Gasteiger partial charge in [-0.05, 0) is 18.2 Å². The second-order valence-corrected chi connectivity index (χ2v) is 6.56. The predicted molar refractivity (Wildman–Crippen MR) is 86.2 cm³/mol. The minimum absolute atomic E-state index is 0.0309. The van der Waals surface area contributed by atoms with Crippen molar-refractivity contribution in [3.8, 4) is 0 Å². The highest BCUT2D eigenvalue weighted by Gasteiger charge is 2.10. The Balaban J connectivity index is 1.58. The van der Waals surface area contributed by atoms with Gasteiger partial charge >= 0.3 is 5.97 Å². The molecule has 1 aromatic carbocycles. The fourth-order valence-electron chi connectivity index (χ4n) is 1.88. The molecule has 0 bridgehead atoms. The maximum Gasteiger partial charge on any atom is 0.316 e. The molecule has 0 N–H and O–H groups in total. The van der Waals surface area contributed by atoms with Gasteiger partial charge in [-0.3, -0.25) is 14.0 Å². The molecule has 0 aliphatic rings. The van der Waals surface area contributed by atoms with Gasteiger partial charge in [0.1, 0.15) is 18.2 Å². The Hall–Kier alpha value is -2.26. The summed E-state index contributed by atoms with van der Waals surface area (Å²) in [6.45, 7) is -0.158. The summed E-state index contributed by atoms with van der Waals surface area (Å²) < 4.78 is 32.9. The van der Waals surface area contributed by atoms with Gasteiger partial charge in [0.2, 0.25) is 0 Å². The summed E-state index contributed by atoms with van der Waals surface area (Å²) in [5, 5.41) is 1.73. The van der Waals surface area contributed by atoms with E-state index in [1.165, 1.54) is 21.8 Å². The lowest BCUT2D eigenvalue weighted by Gasteiger charge is -2.05. The Kier molecular flexibility index (Phi) is 4.91. The van der Waals surface area contributed by atoms with E-state index in [1.54, 1.807) is 11.6 Å². The SMILES string of the molecule is O=C(CSc1cc(F)ccc1F)OCc1cc(=O)n2ccsc2n1. The van der Waals surface area contributed by atoms with Crippen molar-refractivity contribution in [3.63, 3.8) is 0 Å². The first-order valence-corrected chi connectivity index (χ1v) is 8.59. The van der Waals surface area contributed by atoms with Gasteiger partial charge in [0.15, 0.2) is 4.96 Å². The van der Waals surface area contributed by atoms with Crippen molar-refractivity contribution in [2.45, 2.75) is 11.5 Å². The molecule has 3 aromatic rings. The molecule has 0 unspecified atom stereocenters. The van der Waals surface area contributed by atoms with Crippen LogP contribution in [0.5, 0.6) is 0 Å². The van der Waals surface area contributed by atoms with Crippen LogP contribution in [0.4, 0.5) is 8.78 Å². The predicted octanol–water partition coefficient (Wildman–Crippen LogP) is 2.87. The molecule has 0 aliphatic heterocycles. The van der Waals surface area contributed by atoms with Crippen molar-refractivity contribution < 1.29 is 18.3 Å². The van der Waals surface area contributed by atoms with Crippen molar-refractivity contribution in [2.24, 2.45) is 0 Å². The molecule has 0 saturated heterocycles. The minimum Gasteiger partial charge on any atom is -0.459 e. The number of hydrogen-bond donors (Lipinski definition) is 0. The molecular formula is C15H10F2N2O3S2. The maximum absolute atomic E-state index is 13.4. The quantitative estimate of drug-likeness (QED) is 0.512. The molecule has 0 atom stereocenters. The molecule has 2 heterocycles. The molecule has 0 amide bonds. The second-order valence-electron chi connectivity index (χ2n) is 4.67. The zero-order valence-corrected chi connectivity index (χ0v) is 13.7. The number of carbonyl (C=O) groups is 1. The van der Waals surface area contributed by atoms with Gasteiger partial charge in [0, 0.05) is 22.5 Å². The fourth-order valence-corrected chi connectivity index (χ4v) is 3.38. The number of aromatic nitrogens is 2. The van der Waals surface area contributed by atoms with E-state index in [9.17, 15) is 18.4 Å².